The van der Waals surface area contributed by atoms with Gasteiger partial charge >= 0.3 is 0 Å². The minimum absolute atomic E-state index is 0.000756. The number of alkyl halides is 2. The number of aromatic nitrogens is 1. The second kappa shape index (κ2) is 8.17. The standard InChI is InChI=1S/C19H31F2N3OS/c1-3-23(4-2)13-17-22-16(14-26-17)18(25)9-11-24(12-10-18)15-5-7-19(20,21)8-6-15/h14-15,25H,3-13H2,1-2H3. The van der Waals surface area contributed by atoms with Gasteiger partial charge in [0.25, 0.3) is 0 Å². The van der Waals surface area contributed by atoms with E-state index in [1.807, 2.05) is 5.38 Å². The molecule has 0 atom stereocenters. The summed E-state index contributed by atoms with van der Waals surface area (Å²) in [6.45, 7) is 8.61. The molecule has 1 aliphatic heterocycles. The maximum Gasteiger partial charge on any atom is 0.248 e. The number of hydrogen-bond acceptors (Lipinski definition) is 5. The van der Waals surface area contributed by atoms with Crippen LogP contribution in [0.5, 0.6) is 0 Å². The molecule has 0 amide bonds. The fourth-order valence-electron chi connectivity index (χ4n) is 4.14. The molecule has 0 spiro atoms. The molecule has 1 N–H and O–H groups in total. The van der Waals surface area contributed by atoms with Gasteiger partial charge < -0.3 is 10.0 Å². The minimum atomic E-state index is -2.48. The summed E-state index contributed by atoms with van der Waals surface area (Å²) < 4.78 is 26.7. The summed E-state index contributed by atoms with van der Waals surface area (Å²) >= 11 is 1.62. The Bertz CT molecular complexity index is 573. The van der Waals surface area contributed by atoms with Crippen LogP contribution in [-0.4, -0.2) is 58.0 Å². The van der Waals surface area contributed by atoms with E-state index >= 15 is 0 Å². The minimum Gasteiger partial charge on any atom is -0.383 e. The maximum atomic E-state index is 13.4. The highest BCUT2D eigenvalue weighted by Gasteiger charge is 2.41. The Kier molecular flexibility index (Phi) is 6.32. The molecule has 1 saturated carbocycles. The van der Waals surface area contributed by atoms with E-state index < -0.39 is 11.5 Å². The maximum absolute atomic E-state index is 13.4. The molecule has 2 fully saturated rings. The van der Waals surface area contributed by atoms with Gasteiger partial charge in [-0.3, -0.25) is 4.90 Å². The Balaban J connectivity index is 1.55. The summed E-state index contributed by atoms with van der Waals surface area (Å²) in [5.41, 5.74) is -0.0768. The zero-order valence-corrected chi connectivity index (χ0v) is 16.7. The van der Waals surface area contributed by atoms with E-state index in [1.54, 1.807) is 11.3 Å². The molecule has 0 unspecified atom stereocenters. The van der Waals surface area contributed by atoms with Gasteiger partial charge in [0.15, 0.2) is 0 Å². The van der Waals surface area contributed by atoms with Gasteiger partial charge in [-0.2, -0.15) is 0 Å². The quantitative estimate of drug-likeness (QED) is 0.805. The van der Waals surface area contributed by atoms with Gasteiger partial charge in [0.2, 0.25) is 5.92 Å². The predicted octanol–water partition coefficient (Wildman–Crippen LogP) is 3.85. The molecule has 0 aromatic carbocycles. The Labute approximate surface area is 159 Å². The van der Waals surface area contributed by atoms with E-state index in [0.717, 1.165) is 43.4 Å². The van der Waals surface area contributed by atoms with Crippen LogP contribution in [0.2, 0.25) is 0 Å². The second-order valence-electron chi connectivity index (χ2n) is 7.74. The monoisotopic (exact) mass is 387 g/mol. The fraction of sp³-hybridized carbons (Fsp3) is 0.842. The summed E-state index contributed by atoms with van der Waals surface area (Å²) in [4.78, 5) is 9.32. The molecule has 1 aromatic rings. The van der Waals surface area contributed by atoms with Crippen LogP contribution in [0, 0.1) is 0 Å². The summed E-state index contributed by atoms with van der Waals surface area (Å²) in [5, 5.41) is 14.1. The van der Waals surface area contributed by atoms with E-state index in [-0.39, 0.29) is 18.9 Å². The number of aliphatic hydroxyl groups is 1. The van der Waals surface area contributed by atoms with Crippen LogP contribution in [0.15, 0.2) is 5.38 Å². The Morgan fingerprint density at radius 3 is 2.38 bits per heavy atom. The van der Waals surface area contributed by atoms with Gasteiger partial charge in [-0.25, -0.2) is 13.8 Å². The number of hydrogen-bond donors (Lipinski definition) is 1. The van der Waals surface area contributed by atoms with E-state index in [4.69, 9.17) is 4.98 Å². The van der Waals surface area contributed by atoms with Gasteiger partial charge in [0.05, 0.1) is 12.2 Å². The van der Waals surface area contributed by atoms with Gasteiger partial charge in [-0.1, -0.05) is 13.8 Å². The number of halogens is 2. The van der Waals surface area contributed by atoms with Crippen molar-refractivity contribution in [2.45, 2.75) is 76.5 Å². The Morgan fingerprint density at radius 2 is 1.81 bits per heavy atom. The smallest absolute Gasteiger partial charge is 0.248 e. The molecule has 0 radical (unpaired) electrons. The van der Waals surface area contributed by atoms with Gasteiger partial charge in [-0.05, 0) is 38.8 Å². The predicted molar refractivity (Wildman–Crippen MR) is 101 cm³/mol. The lowest BCUT2D eigenvalue weighted by Crippen LogP contribution is -2.49. The lowest BCUT2D eigenvalue weighted by atomic mass is 9.85. The second-order valence-corrected chi connectivity index (χ2v) is 8.69. The summed E-state index contributed by atoms with van der Waals surface area (Å²) in [6.07, 6.45) is 2.40. The average Bonchev–Trinajstić information content (AvgIpc) is 3.10. The van der Waals surface area contributed by atoms with Crippen LogP contribution in [0.4, 0.5) is 8.78 Å². The number of likely N-dealkylation sites (tertiary alicyclic amines) is 1. The lowest BCUT2D eigenvalue weighted by Gasteiger charge is -2.43. The van der Waals surface area contributed by atoms with Crippen LogP contribution >= 0.6 is 11.3 Å². The van der Waals surface area contributed by atoms with Gasteiger partial charge in [0, 0.05) is 37.4 Å². The summed E-state index contributed by atoms with van der Waals surface area (Å²) in [6, 6.07) is 0.243. The fourth-order valence-corrected chi connectivity index (χ4v) is 5.07. The van der Waals surface area contributed by atoms with E-state index in [9.17, 15) is 13.9 Å². The Hall–Kier alpha value is -0.630. The molecule has 2 aliphatic rings. The number of rotatable bonds is 6. The molecule has 4 nitrogen and oxygen atoms in total. The van der Waals surface area contributed by atoms with Crippen molar-refractivity contribution >= 4 is 11.3 Å². The first kappa shape index (κ1) is 20.1. The molecule has 3 rings (SSSR count). The zero-order valence-electron chi connectivity index (χ0n) is 15.9. The molecule has 26 heavy (non-hydrogen) atoms. The van der Waals surface area contributed by atoms with Crippen molar-refractivity contribution < 1.29 is 13.9 Å². The normalized spacial score (nSPS) is 24.2. The molecule has 148 valence electrons. The molecular formula is C19H31F2N3OS. The van der Waals surface area contributed by atoms with Gasteiger partial charge in [0.1, 0.15) is 10.6 Å². The van der Waals surface area contributed by atoms with Crippen molar-refractivity contribution in [1.29, 1.82) is 0 Å². The van der Waals surface area contributed by atoms with E-state index in [1.165, 1.54) is 0 Å². The summed E-state index contributed by atoms with van der Waals surface area (Å²) in [7, 11) is 0. The van der Waals surface area contributed by atoms with E-state index in [0.29, 0.717) is 25.7 Å². The van der Waals surface area contributed by atoms with Crippen LogP contribution in [0.25, 0.3) is 0 Å². The van der Waals surface area contributed by atoms with Crippen molar-refractivity contribution in [3.05, 3.63) is 16.1 Å². The third-order valence-electron chi connectivity index (χ3n) is 6.11. The largest absolute Gasteiger partial charge is 0.383 e. The Morgan fingerprint density at radius 1 is 1.19 bits per heavy atom. The first-order valence-electron chi connectivity index (χ1n) is 9.87. The topological polar surface area (TPSA) is 39.6 Å². The van der Waals surface area contributed by atoms with Crippen LogP contribution < -0.4 is 0 Å². The molecule has 7 heteroatoms. The lowest BCUT2D eigenvalue weighted by molar-refractivity contribution is -0.0751. The van der Waals surface area contributed by atoms with Crippen molar-refractivity contribution in [2.24, 2.45) is 0 Å². The van der Waals surface area contributed by atoms with Crippen molar-refractivity contribution in [3.63, 3.8) is 0 Å². The van der Waals surface area contributed by atoms with Crippen LogP contribution in [0.3, 0.4) is 0 Å². The van der Waals surface area contributed by atoms with Crippen molar-refractivity contribution in [1.82, 2.24) is 14.8 Å². The molecule has 1 aliphatic carbocycles. The summed E-state index contributed by atoms with van der Waals surface area (Å²) in [5.74, 6) is -2.48. The number of nitrogens with zero attached hydrogens (tertiary/aromatic N) is 3. The molecule has 2 heterocycles. The van der Waals surface area contributed by atoms with Crippen LogP contribution in [0.1, 0.15) is 63.1 Å². The third kappa shape index (κ3) is 4.61. The average molecular weight is 388 g/mol. The van der Waals surface area contributed by atoms with Gasteiger partial charge in [-0.15, -0.1) is 11.3 Å². The molecule has 1 aromatic heterocycles. The first-order valence-corrected chi connectivity index (χ1v) is 10.7. The third-order valence-corrected chi connectivity index (χ3v) is 6.94. The highest BCUT2D eigenvalue weighted by molar-refractivity contribution is 7.09. The SMILES string of the molecule is CCN(CC)Cc1nc(C2(O)CCN(C3CCC(F)(F)CC3)CC2)cs1. The van der Waals surface area contributed by atoms with Crippen molar-refractivity contribution in [3.8, 4) is 0 Å². The number of thiazole rings is 1. The first-order chi connectivity index (χ1) is 12.3. The van der Waals surface area contributed by atoms with Crippen LogP contribution in [-0.2, 0) is 12.1 Å². The molecule has 1 saturated heterocycles. The molecule has 0 bridgehead atoms. The number of piperidine rings is 1. The zero-order chi connectivity index (χ0) is 18.8. The highest BCUT2D eigenvalue weighted by Crippen LogP contribution is 2.39. The highest BCUT2D eigenvalue weighted by atomic mass is 32.1. The molecular weight excluding hydrogens is 356 g/mol. The van der Waals surface area contributed by atoms with Crippen molar-refractivity contribution in [2.75, 3.05) is 26.2 Å². The van der Waals surface area contributed by atoms with E-state index in [2.05, 4.69) is 23.6 Å².